The number of aryl methyl sites for hydroxylation is 1. The van der Waals surface area contributed by atoms with Crippen molar-refractivity contribution in [3.8, 4) is 0 Å². The summed E-state index contributed by atoms with van der Waals surface area (Å²) in [6.07, 6.45) is 1.51. The molecule has 0 amide bonds. The van der Waals surface area contributed by atoms with E-state index in [4.69, 9.17) is 10.8 Å². The van der Waals surface area contributed by atoms with Crippen LogP contribution < -0.4 is 10.6 Å². The molecule has 14 heavy (non-hydrogen) atoms. The molecule has 0 radical (unpaired) electrons. The lowest BCUT2D eigenvalue weighted by molar-refractivity contribution is -0.135. The third kappa shape index (κ3) is 2.35. The van der Waals surface area contributed by atoms with Crippen molar-refractivity contribution in [2.24, 2.45) is 0 Å². The Hall–Kier alpha value is -1.78. The molecule has 0 spiro atoms. The number of anilines is 2. The van der Waals surface area contributed by atoms with E-state index in [-0.39, 0.29) is 6.54 Å². The van der Waals surface area contributed by atoms with Gasteiger partial charge in [-0.2, -0.15) is 0 Å². The van der Waals surface area contributed by atoms with Gasteiger partial charge in [-0.15, -0.1) is 0 Å². The van der Waals surface area contributed by atoms with Crippen LogP contribution >= 0.6 is 0 Å². The number of hydrogen-bond donors (Lipinski definition) is 2. The number of hydrogen-bond acceptors (Lipinski definition) is 4. The van der Waals surface area contributed by atoms with Gasteiger partial charge in [-0.25, -0.2) is 4.98 Å². The van der Waals surface area contributed by atoms with Crippen molar-refractivity contribution in [2.45, 2.75) is 6.92 Å². The molecule has 5 nitrogen and oxygen atoms in total. The number of nitrogens with two attached hydrogens (primary N) is 1. The minimum absolute atomic E-state index is 0.0717. The second-order valence-electron chi connectivity index (χ2n) is 3.16. The van der Waals surface area contributed by atoms with Crippen molar-refractivity contribution in [2.75, 3.05) is 24.2 Å². The van der Waals surface area contributed by atoms with Gasteiger partial charge >= 0.3 is 5.97 Å². The molecule has 0 fully saturated rings. The summed E-state index contributed by atoms with van der Waals surface area (Å²) in [6.45, 7) is 1.77. The summed E-state index contributed by atoms with van der Waals surface area (Å²) in [6, 6.07) is 1.76. The van der Waals surface area contributed by atoms with E-state index in [9.17, 15) is 4.79 Å². The number of nitrogens with zero attached hydrogens (tertiary/aromatic N) is 2. The average molecular weight is 195 g/mol. The summed E-state index contributed by atoms with van der Waals surface area (Å²) in [5, 5.41) is 8.60. The minimum Gasteiger partial charge on any atom is -0.480 e. The topological polar surface area (TPSA) is 79.5 Å². The van der Waals surface area contributed by atoms with Crippen molar-refractivity contribution < 1.29 is 9.90 Å². The summed E-state index contributed by atoms with van der Waals surface area (Å²) in [4.78, 5) is 16.1. The van der Waals surface area contributed by atoms with Crippen LogP contribution in [0.25, 0.3) is 0 Å². The van der Waals surface area contributed by atoms with E-state index in [1.807, 2.05) is 6.92 Å². The summed E-state index contributed by atoms with van der Waals surface area (Å²) >= 11 is 0. The first-order valence-electron chi connectivity index (χ1n) is 4.15. The first kappa shape index (κ1) is 10.3. The van der Waals surface area contributed by atoms with Crippen molar-refractivity contribution in [3.63, 3.8) is 0 Å². The predicted molar refractivity (Wildman–Crippen MR) is 54.3 cm³/mol. The standard InChI is InChI=1S/C9H13N3O2/c1-6-3-7(10)4-11-9(6)12(2)5-8(13)14/h3-4H,5,10H2,1-2H3,(H,13,14). The number of carbonyl (C=O) groups is 1. The SMILES string of the molecule is Cc1cc(N)cnc1N(C)CC(=O)O. The lowest BCUT2D eigenvalue weighted by Crippen LogP contribution is -2.26. The van der Waals surface area contributed by atoms with Gasteiger partial charge in [0.25, 0.3) is 0 Å². The third-order valence-electron chi connectivity index (χ3n) is 1.81. The van der Waals surface area contributed by atoms with E-state index in [1.54, 1.807) is 18.0 Å². The maximum Gasteiger partial charge on any atom is 0.323 e. The van der Waals surface area contributed by atoms with Crippen LogP contribution in [-0.2, 0) is 4.79 Å². The predicted octanol–water partition coefficient (Wildman–Crippen LogP) is 0.493. The van der Waals surface area contributed by atoms with E-state index in [2.05, 4.69) is 4.98 Å². The second-order valence-corrected chi connectivity index (χ2v) is 3.16. The molecule has 0 aliphatic rings. The van der Waals surface area contributed by atoms with Crippen LogP contribution in [0.15, 0.2) is 12.3 Å². The molecule has 76 valence electrons. The molecule has 0 saturated heterocycles. The van der Waals surface area contributed by atoms with E-state index in [1.165, 1.54) is 6.20 Å². The molecule has 1 aromatic rings. The first-order valence-corrected chi connectivity index (χ1v) is 4.15. The molecule has 0 aliphatic heterocycles. The number of nitrogen functional groups attached to an aromatic ring is 1. The van der Waals surface area contributed by atoms with E-state index in [0.29, 0.717) is 11.5 Å². The molecule has 0 atom stereocenters. The van der Waals surface area contributed by atoms with E-state index < -0.39 is 5.97 Å². The monoisotopic (exact) mass is 195 g/mol. The van der Waals surface area contributed by atoms with Crippen LogP contribution in [0.2, 0.25) is 0 Å². The fraction of sp³-hybridized carbons (Fsp3) is 0.333. The molecule has 0 aromatic carbocycles. The van der Waals surface area contributed by atoms with Gasteiger partial charge in [0.2, 0.25) is 0 Å². The Morgan fingerprint density at radius 2 is 2.36 bits per heavy atom. The summed E-state index contributed by atoms with van der Waals surface area (Å²) in [5.41, 5.74) is 6.98. The number of carboxylic acid groups (broad SMARTS) is 1. The zero-order valence-electron chi connectivity index (χ0n) is 8.19. The molecule has 0 saturated carbocycles. The molecule has 0 aliphatic carbocycles. The number of pyridine rings is 1. The normalized spacial score (nSPS) is 9.86. The highest BCUT2D eigenvalue weighted by molar-refractivity contribution is 5.73. The maximum absolute atomic E-state index is 10.5. The molecule has 1 aromatic heterocycles. The number of aliphatic carboxylic acids is 1. The van der Waals surface area contributed by atoms with Crippen LogP contribution in [0.3, 0.4) is 0 Å². The number of aromatic nitrogens is 1. The molecular formula is C9H13N3O2. The average Bonchev–Trinajstić information content (AvgIpc) is 2.01. The molecule has 0 bridgehead atoms. The van der Waals surface area contributed by atoms with Crippen molar-refractivity contribution in [1.82, 2.24) is 4.98 Å². The minimum atomic E-state index is -0.884. The van der Waals surface area contributed by atoms with Crippen molar-refractivity contribution in [1.29, 1.82) is 0 Å². The highest BCUT2D eigenvalue weighted by Crippen LogP contribution is 2.16. The maximum atomic E-state index is 10.5. The highest BCUT2D eigenvalue weighted by Gasteiger charge is 2.09. The molecule has 0 unspecified atom stereocenters. The zero-order chi connectivity index (χ0) is 10.7. The lowest BCUT2D eigenvalue weighted by atomic mass is 10.2. The van der Waals surface area contributed by atoms with Gasteiger partial charge in [0.05, 0.1) is 11.9 Å². The zero-order valence-corrected chi connectivity index (χ0v) is 8.19. The quantitative estimate of drug-likeness (QED) is 0.733. The summed E-state index contributed by atoms with van der Waals surface area (Å²) in [7, 11) is 1.68. The van der Waals surface area contributed by atoms with Gasteiger partial charge in [-0.05, 0) is 18.6 Å². The van der Waals surface area contributed by atoms with Crippen LogP contribution in [0.4, 0.5) is 11.5 Å². The summed E-state index contributed by atoms with van der Waals surface area (Å²) in [5.74, 6) is -0.243. The molecular weight excluding hydrogens is 182 g/mol. The van der Waals surface area contributed by atoms with Gasteiger partial charge in [-0.3, -0.25) is 4.79 Å². The lowest BCUT2D eigenvalue weighted by Gasteiger charge is -2.17. The Morgan fingerprint density at radius 3 is 2.86 bits per heavy atom. The number of rotatable bonds is 3. The Bertz CT molecular complexity index is 352. The second kappa shape index (κ2) is 3.95. The Kier molecular flexibility index (Phi) is 2.91. The van der Waals surface area contributed by atoms with Crippen LogP contribution in [0.5, 0.6) is 0 Å². The van der Waals surface area contributed by atoms with Gasteiger partial charge in [0, 0.05) is 7.05 Å². The van der Waals surface area contributed by atoms with E-state index >= 15 is 0 Å². The molecule has 5 heteroatoms. The molecule has 1 rings (SSSR count). The van der Waals surface area contributed by atoms with E-state index in [0.717, 1.165) is 5.56 Å². The number of likely N-dealkylation sites (N-methyl/N-ethyl adjacent to an activating group) is 1. The smallest absolute Gasteiger partial charge is 0.323 e. The van der Waals surface area contributed by atoms with Crippen molar-refractivity contribution in [3.05, 3.63) is 17.8 Å². The van der Waals surface area contributed by atoms with Gasteiger partial charge in [0.1, 0.15) is 12.4 Å². The Balaban J connectivity index is 2.90. The molecule has 1 heterocycles. The Labute approximate surface area is 82.2 Å². The Morgan fingerprint density at radius 1 is 1.71 bits per heavy atom. The van der Waals surface area contributed by atoms with Crippen LogP contribution in [0.1, 0.15) is 5.56 Å². The fourth-order valence-electron chi connectivity index (χ4n) is 1.27. The van der Waals surface area contributed by atoms with Crippen LogP contribution in [0, 0.1) is 6.92 Å². The van der Waals surface area contributed by atoms with Gasteiger partial charge < -0.3 is 15.7 Å². The first-order chi connectivity index (χ1) is 6.50. The largest absolute Gasteiger partial charge is 0.480 e. The number of carboxylic acids is 1. The van der Waals surface area contributed by atoms with Gasteiger partial charge in [-0.1, -0.05) is 0 Å². The van der Waals surface area contributed by atoms with Crippen molar-refractivity contribution >= 4 is 17.5 Å². The third-order valence-corrected chi connectivity index (χ3v) is 1.81. The summed E-state index contributed by atoms with van der Waals surface area (Å²) < 4.78 is 0. The van der Waals surface area contributed by atoms with Gasteiger partial charge in [0.15, 0.2) is 0 Å². The fourth-order valence-corrected chi connectivity index (χ4v) is 1.27. The highest BCUT2D eigenvalue weighted by atomic mass is 16.4. The molecule has 3 N–H and O–H groups in total. The van der Waals surface area contributed by atoms with Crippen LogP contribution in [-0.4, -0.2) is 29.7 Å².